The Morgan fingerprint density at radius 1 is 1.23 bits per heavy atom. The minimum absolute atomic E-state index is 0.0363. The highest BCUT2D eigenvalue weighted by molar-refractivity contribution is 6.46. The van der Waals surface area contributed by atoms with Crippen LogP contribution in [0.25, 0.3) is 5.76 Å². The van der Waals surface area contributed by atoms with E-state index in [0.29, 0.717) is 12.2 Å². The Hall–Kier alpha value is -2.54. The van der Waals surface area contributed by atoms with Crippen LogP contribution >= 0.6 is 23.2 Å². The maximum atomic E-state index is 13.1. The number of hydrogen-bond donors (Lipinski definition) is 1. The normalized spacial score (nSPS) is 22.9. The number of amides is 1. The van der Waals surface area contributed by atoms with Crippen molar-refractivity contribution in [1.29, 1.82) is 0 Å². The number of Topliss-reactive ketones (excluding diaryl/α,β-unsaturated/α-hetero) is 1. The van der Waals surface area contributed by atoms with Gasteiger partial charge in [-0.2, -0.15) is 0 Å². The smallest absolute Gasteiger partial charge is 0.295 e. The summed E-state index contributed by atoms with van der Waals surface area (Å²) in [6.45, 7) is 0.886. The van der Waals surface area contributed by atoms with Crippen LogP contribution in [0, 0.1) is 0 Å². The molecule has 2 atom stereocenters. The fourth-order valence-corrected chi connectivity index (χ4v) is 4.72. The highest BCUT2D eigenvalue weighted by Gasteiger charge is 2.47. The number of aliphatic hydroxyl groups is 1. The Labute approximate surface area is 190 Å². The minimum atomic E-state index is -0.775. The fraction of sp³-hybridized carbons (Fsp3) is 0.304. The van der Waals surface area contributed by atoms with Crippen LogP contribution in [0.4, 0.5) is 0 Å². The van der Waals surface area contributed by atoms with Crippen LogP contribution in [-0.2, 0) is 14.3 Å². The Kier molecular flexibility index (Phi) is 6.23. The second-order valence-corrected chi connectivity index (χ2v) is 8.31. The van der Waals surface area contributed by atoms with Gasteiger partial charge in [-0.3, -0.25) is 9.59 Å². The van der Waals surface area contributed by atoms with Crippen LogP contribution in [0.15, 0.2) is 48.0 Å². The minimum Gasteiger partial charge on any atom is -0.507 e. The lowest BCUT2D eigenvalue weighted by atomic mass is 9.95. The number of carbonyl (C=O) groups is 2. The zero-order valence-electron chi connectivity index (χ0n) is 16.8. The molecule has 2 aliphatic rings. The summed E-state index contributed by atoms with van der Waals surface area (Å²) in [7, 11) is 1.40. The average molecular weight is 462 g/mol. The number of likely N-dealkylation sites (tertiary alicyclic amines) is 1. The molecule has 8 heteroatoms. The van der Waals surface area contributed by atoms with Gasteiger partial charge in [0.1, 0.15) is 11.5 Å². The summed E-state index contributed by atoms with van der Waals surface area (Å²) in [6.07, 6.45) is 1.56. The monoisotopic (exact) mass is 461 g/mol. The summed E-state index contributed by atoms with van der Waals surface area (Å²) in [5, 5.41) is 11.7. The van der Waals surface area contributed by atoms with Gasteiger partial charge in [0.15, 0.2) is 0 Å². The number of rotatable bonds is 5. The quantitative estimate of drug-likeness (QED) is 0.399. The molecule has 2 aromatic carbocycles. The summed E-state index contributed by atoms with van der Waals surface area (Å²) >= 11 is 12.4. The predicted octanol–water partition coefficient (Wildman–Crippen LogP) is 4.60. The van der Waals surface area contributed by atoms with Crippen LogP contribution in [-0.4, -0.2) is 48.1 Å². The van der Waals surface area contributed by atoms with Crippen molar-refractivity contribution >= 4 is 40.7 Å². The van der Waals surface area contributed by atoms with Crippen molar-refractivity contribution in [3.05, 3.63) is 69.2 Å². The third kappa shape index (κ3) is 4.03. The number of nitrogens with zero attached hydrogens (tertiary/aromatic N) is 1. The van der Waals surface area contributed by atoms with E-state index in [9.17, 15) is 14.7 Å². The molecule has 0 bridgehead atoms. The van der Waals surface area contributed by atoms with Crippen molar-refractivity contribution in [2.45, 2.75) is 25.0 Å². The zero-order chi connectivity index (χ0) is 22.1. The molecule has 2 aromatic rings. The van der Waals surface area contributed by atoms with Crippen molar-refractivity contribution in [3.63, 3.8) is 0 Å². The summed E-state index contributed by atoms with van der Waals surface area (Å²) < 4.78 is 11.0. The first kappa shape index (κ1) is 21.7. The molecule has 1 amide bonds. The summed E-state index contributed by atoms with van der Waals surface area (Å²) in [6, 6.07) is 11.3. The lowest BCUT2D eigenvalue weighted by Crippen LogP contribution is -2.36. The summed E-state index contributed by atoms with van der Waals surface area (Å²) in [5.74, 6) is -1.68. The molecule has 31 heavy (non-hydrogen) atoms. The topological polar surface area (TPSA) is 76.1 Å². The lowest BCUT2D eigenvalue weighted by molar-refractivity contribution is -0.140. The first-order valence-corrected chi connectivity index (χ1v) is 10.7. The van der Waals surface area contributed by atoms with E-state index in [4.69, 9.17) is 32.7 Å². The molecule has 162 valence electrons. The fourth-order valence-electron chi connectivity index (χ4n) is 4.15. The van der Waals surface area contributed by atoms with E-state index in [2.05, 4.69) is 0 Å². The number of hydrogen-bond acceptors (Lipinski definition) is 5. The highest BCUT2D eigenvalue weighted by Crippen LogP contribution is 2.43. The molecule has 4 rings (SSSR count). The van der Waals surface area contributed by atoms with E-state index in [1.54, 1.807) is 0 Å². The number of carbonyl (C=O) groups excluding carboxylic acids is 2. The van der Waals surface area contributed by atoms with Gasteiger partial charge in [-0.05, 0) is 30.5 Å². The molecular weight excluding hydrogens is 441 g/mol. The average Bonchev–Trinajstić information content (AvgIpc) is 3.36. The predicted molar refractivity (Wildman–Crippen MR) is 117 cm³/mol. The lowest BCUT2D eigenvalue weighted by Gasteiger charge is -2.27. The first-order chi connectivity index (χ1) is 14.9. The molecule has 2 aliphatic heterocycles. The SMILES string of the molecule is COc1c(Cl)cc(Cl)cc1/C(O)=C1\C(=O)C(=O)N(CC2CCCO2)C1c1ccccc1. The molecule has 0 aliphatic carbocycles. The van der Waals surface area contributed by atoms with E-state index >= 15 is 0 Å². The van der Waals surface area contributed by atoms with Crippen LogP contribution in [0.1, 0.15) is 30.0 Å². The number of benzene rings is 2. The van der Waals surface area contributed by atoms with Crippen LogP contribution in [0.3, 0.4) is 0 Å². The highest BCUT2D eigenvalue weighted by atomic mass is 35.5. The standard InChI is InChI=1S/C23H21Cl2NO5/c1-30-22-16(10-14(24)11-17(22)25)20(27)18-19(13-6-3-2-4-7-13)26(23(29)21(18)28)12-15-8-5-9-31-15/h2-4,6-7,10-11,15,19,27H,5,8-9,12H2,1H3/b20-18+. The van der Waals surface area contributed by atoms with Crippen LogP contribution in [0.5, 0.6) is 5.75 Å². The van der Waals surface area contributed by atoms with E-state index in [0.717, 1.165) is 12.8 Å². The largest absolute Gasteiger partial charge is 0.507 e. The second kappa shape index (κ2) is 8.91. The molecule has 2 fully saturated rings. The zero-order valence-corrected chi connectivity index (χ0v) is 18.3. The maximum absolute atomic E-state index is 13.1. The van der Waals surface area contributed by atoms with Crippen molar-refractivity contribution < 1.29 is 24.2 Å². The molecule has 2 heterocycles. The third-order valence-corrected chi connectivity index (χ3v) is 6.05. The van der Waals surface area contributed by atoms with Crippen molar-refractivity contribution in [2.75, 3.05) is 20.3 Å². The third-order valence-electron chi connectivity index (χ3n) is 5.55. The van der Waals surface area contributed by atoms with Gasteiger partial charge in [0.25, 0.3) is 11.7 Å². The van der Waals surface area contributed by atoms with Gasteiger partial charge < -0.3 is 19.5 Å². The Morgan fingerprint density at radius 2 is 1.97 bits per heavy atom. The molecule has 0 radical (unpaired) electrons. The summed E-state index contributed by atoms with van der Waals surface area (Å²) in [4.78, 5) is 27.6. The van der Waals surface area contributed by atoms with E-state index < -0.39 is 17.7 Å². The molecule has 0 saturated carbocycles. The Morgan fingerprint density at radius 3 is 2.61 bits per heavy atom. The van der Waals surface area contributed by atoms with Crippen LogP contribution in [0.2, 0.25) is 10.0 Å². The van der Waals surface area contributed by atoms with Gasteiger partial charge in [-0.25, -0.2) is 0 Å². The molecule has 2 saturated heterocycles. The van der Waals surface area contributed by atoms with Gasteiger partial charge in [0.05, 0.1) is 35.4 Å². The van der Waals surface area contributed by atoms with E-state index in [-0.39, 0.29) is 45.3 Å². The molecule has 0 spiro atoms. The van der Waals surface area contributed by atoms with Crippen molar-refractivity contribution in [3.8, 4) is 5.75 Å². The number of ketones is 1. The molecule has 0 aromatic heterocycles. The van der Waals surface area contributed by atoms with Crippen LogP contribution < -0.4 is 4.74 Å². The Bertz CT molecular complexity index is 1050. The van der Waals surface area contributed by atoms with Gasteiger partial charge in [0, 0.05) is 18.2 Å². The van der Waals surface area contributed by atoms with Gasteiger partial charge in [0.2, 0.25) is 0 Å². The molecule has 6 nitrogen and oxygen atoms in total. The second-order valence-electron chi connectivity index (χ2n) is 7.47. The molecule has 1 N–H and O–H groups in total. The molecular formula is C23H21Cl2NO5. The number of methoxy groups -OCH3 is 1. The van der Waals surface area contributed by atoms with Crippen molar-refractivity contribution in [2.24, 2.45) is 0 Å². The van der Waals surface area contributed by atoms with E-state index in [1.807, 2.05) is 30.3 Å². The van der Waals surface area contributed by atoms with Gasteiger partial charge in [-0.1, -0.05) is 53.5 Å². The maximum Gasteiger partial charge on any atom is 0.295 e. The van der Waals surface area contributed by atoms with Gasteiger partial charge in [-0.15, -0.1) is 0 Å². The van der Waals surface area contributed by atoms with E-state index in [1.165, 1.54) is 24.1 Å². The van der Waals surface area contributed by atoms with Gasteiger partial charge >= 0.3 is 0 Å². The summed E-state index contributed by atoms with van der Waals surface area (Å²) in [5.41, 5.74) is 0.815. The first-order valence-electron chi connectivity index (χ1n) is 9.90. The molecule has 2 unspecified atom stereocenters. The number of halogens is 2. The number of ether oxygens (including phenoxy) is 2. The number of aliphatic hydroxyl groups excluding tert-OH is 1. The van der Waals surface area contributed by atoms with Crippen molar-refractivity contribution in [1.82, 2.24) is 4.90 Å². The Balaban J connectivity index is 1.88.